The zero-order valence-electron chi connectivity index (χ0n) is 8.86. The Bertz CT molecular complexity index is 160. The van der Waals surface area contributed by atoms with Crippen LogP contribution in [0, 0.1) is 5.21 Å². The van der Waals surface area contributed by atoms with E-state index in [2.05, 4.69) is 17.8 Å². The van der Waals surface area contributed by atoms with Crippen LogP contribution >= 0.6 is 23.5 Å². The van der Waals surface area contributed by atoms with Gasteiger partial charge in [-0.1, -0.05) is 0 Å². The summed E-state index contributed by atoms with van der Waals surface area (Å²) in [5, 5.41) is 16.1. The maximum Gasteiger partial charge on any atom is 0.0493 e. The van der Waals surface area contributed by atoms with E-state index in [-0.39, 0.29) is 6.17 Å². The summed E-state index contributed by atoms with van der Waals surface area (Å²) in [6, 6.07) is 0.409. The van der Waals surface area contributed by atoms with Gasteiger partial charge in [-0.15, -0.1) is 0 Å². The van der Waals surface area contributed by atoms with Crippen molar-refractivity contribution in [1.82, 2.24) is 10.4 Å². The minimum absolute atomic E-state index is 0.0642. The van der Waals surface area contributed by atoms with Crippen molar-refractivity contribution in [2.24, 2.45) is 0 Å². The van der Waals surface area contributed by atoms with Gasteiger partial charge in [-0.25, -0.2) is 0 Å². The van der Waals surface area contributed by atoms with Crippen LogP contribution < -0.4 is 5.32 Å². The number of thioether (sulfide) groups is 2. The molecule has 1 rings (SSSR count). The molecule has 0 spiro atoms. The second-order valence-electron chi connectivity index (χ2n) is 3.54. The Kier molecular flexibility index (Phi) is 6.28. The molecule has 1 saturated heterocycles. The first-order valence-corrected chi connectivity index (χ1v) is 7.74. The molecule has 0 aromatic rings. The lowest BCUT2D eigenvalue weighted by Crippen LogP contribution is -2.34. The first-order valence-electron chi connectivity index (χ1n) is 4.95. The lowest BCUT2D eigenvalue weighted by Gasteiger charge is -2.28. The molecule has 3 nitrogen and oxygen atoms in total. The number of rotatable bonds is 6. The maximum absolute atomic E-state index is 11.5. The third-order valence-corrected chi connectivity index (χ3v) is 3.73. The highest BCUT2D eigenvalue weighted by atomic mass is 32.2. The number of hydrogen-bond acceptors (Lipinski definition) is 5. The Labute approximate surface area is 95.0 Å². The monoisotopic (exact) mass is 235 g/mol. The van der Waals surface area contributed by atoms with E-state index in [4.69, 9.17) is 0 Å². The number of hydroxylamine groups is 2. The predicted octanol–water partition coefficient (Wildman–Crippen LogP) is 1.59. The Morgan fingerprint density at radius 3 is 2.57 bits per heavy atom. The molecule has 0 amide bonds. The van der Waals surface area contributed by atoms with Gasteiger partial charge in [0.2, 0.25) is 0 Å². The minimum Gasteiger partial charge on any atom is -0.784 e. The average Bonchev–Trinajstić information content (AvgIpc) is 2.53. The van der Waals surface area contributed by atoms with Crippen LogP contribution in [0.3, 0.4) is 0 Å². The molecule has 0 aromatic carbocycles. The highest BCUT2D eigenvalue weighted by molar-refractivity contribution is 7.98. The van der Waals surface area contributed by atoms with Crippen molar-refractivity contribution in [2.45, 2.75) is 25.0 Å². The van der Waals surface area contributed by atoms with Gasteiger partial charge in [0.1, 0.15) is 0 Å². The van der Waals surface area contributed by atoms with Gasteiger partial charge in [0, 0.05) is 18.8 Å². The topological polar surface area (TPSA) is 38.3 Å². The second kappa shape index (κ2) is 6.95. The van der Waals surface area contributed by atoms with Gasteiger partial charge in [-0.05, 0) is 36.9 Å². The van der Waals surface area contributed by atoms with Crippen LogP contribution in [0.2, 0.25) is 0 Å². The molecule has 1 heterocycles. The standard InChI is InChI=1S/C9H19N2OS2/c1-13-5-3-8-7-11(12)9(10-8)4-6-14-2/h8-10H,3-7H2,1-2H3/q-1. The zero-order valence-corrected chi connectivity index (χ0v) is 10.5. The SMILES string of the molecule is CSCCC1CN([O-])C(CCSC)N1. The summed E-state index contributed by atoms with van der Waals surface area (Å²) < 4.78 is 0. The van der Waals surface area contributed by atoms with Crippen molar-refractivity contribution < 1.29 is 0 Å². The molecule has 2 unspecified atom stereocenters. The van der Waals surface area contributed by atoms with Gasteiger partial charge >= 0.3 is 0 Å². The predicted molar refractivity (Wildman–Crippen MR) is 66.8 cm³/mol. The van der Waals surface area contributed by atoms with Crippen LogP contribution in [0.4, 0.5) is 0 Å². The number of nitrogens with one attached hydrogen (secondary N) is 1. The van der Waals surface area contributed by atoms with Crippen LogP contribution in [0.25, 0.3) is 0 Å². The highest BCUT2D eigenvalue weighted by Gasteiger charge is 2.24. The molecule has 0 aromatic heterocycles. The lowest BCUT2D eigenvalue weighted by molar-refractivity contribution is 0.325. The van der Waals surface area contributed by atoms with Crippen LogP contribution in [0.5, 0.6) is 0 Å². The Morgan fingerprint density at radius 1 is 1.29 bits per heavy atom. The van der Waals surface area contributed by atoms with E-state index in [9.17, 15) is 5.21 Å². The first kappa shape index (κ1) is 12.6. The summed E-state index contributed by atoms with van der Waals surface area (Å²) in [6.07, 6.45) is 6.31. The number of nitrogens with zero attached hydrogens (tertiary/aromatic N) is 1. The summed E-state index contributed by atoms with van der Waals surface area (Å²) in [7, 11) is 0. The molecule has 14 heavy (non-hydrogen) atoms. The van der Waals surface area contributed by atoms with Gasteiger partial charge in [0.15, 0.2) is 0 Å². The van der Waals surface area contributed by atoms with E-state index in [0.29, 0.717) is 12.6 Å². The molecule has 1 fully saturated rings. The molecule has 0 radical (unpaired) electrons. The molecule has 0 saturated carbocycles. The molecule has 0 aliphatic carbocycles. The van der Waals surface area contributed by atoms with Crippen molar-refractivity contribution in [2.75, 3.05) is 30.6 Å². The van der Waals surface area contributed by atoms with Gasteiger partial charge in [0.05, 0.1) is 0 Å². The summed E-state index contributed by atoms with van der Waals surface area (Å²) in [5.74, 6) is 2.20. The fraction of sp³-hybridized carbons (Fsp3) is 1.00. The molecule has 84 valence electrons. The van der Waals surface area contributed by atoms with Gasteiger partial charge in [0.25, 0.3) is 0 Å². The van der Waals surface area contributed by atoms with E-state index in [0.717, 1.165) is 24.3 Å². The summed E-state index contributed by atoms with van der Waals surface area (Å²) in [4.78, 5) is 0. The quantitative estimate of drug-likeness (QED) is 0.757. The molecule has 5 heteroatoms. The van der Waals surface area contributed by atoms with E-state index in [1.165, 1.54) is 5.06 Å². The van der Waals surface area contributed by atoms with Crippen molar-refractivity contribution >= 4 is 23.5 Å². The van der Waals surface area contributed by atoms with E-state index in [1.54, 1.807) is 11.8 Å². The van der Waals surface area contributed by atoms with Crippen LogP contribution in [-0.2, 0) is 0 Å². The Hall–Kier alpha value is 0.580. The number of hydrogen-bond donors (Lipinski definition) is 1. The van der Waals surface area contributed by atoms with E-state index in [1.807, 2.05) is 11.8 Å². The molecule has 1 aliphatic heterocycles. The third kappa shape index (κ3) is 3.98. The van der Waals surface area contributed by atoms with Crippen LogP contribution in [-0.4, -0.2) is 47.8 Å². The van der Waals surface area contributed by atoms with Gasteiger partial charge < -0.3 is 10.3 Å². The average molecular weight is 235 g/mol. The molecule has 1 N–H and O–H groups in total. The second-order valence-corrected chi connectivity index (χ2v) is 5.51. The van der Waals surface area contributed by atoms with Crippen LogP contribution in [0.15, 0.2) is 0 Å². The summed E-state index contributed by atoms with van der Waals surface area (Å²) in [6.45, 7) is 0.666. The maximum atomic E-state index is 11.5. The largest absolute Gasteiger partial charge is 0.784 e. The molecule has 0 bridgehead atoms. The smallest absolute Gasteiger partial charge is 0.0493 e. The fourth-order valence-corrected chi connectivity index (χ4v) is 2.62. The molecule has 1 aliphatic rings. The molecular weight excluding hydrogens is 216 g/mol. The van der Waals surface area contributed by atoms with Gasteiger partial charge in [-0.2, -0.15) is 23.5 Å². The van der Waals surface area contributed by atoms with E-state index < -0.39 is 0 Å². The Balaban J connectivity index is 2.21. The zero-order chi connectivity index (χ0) is 10.4. The third-order valence-electron chi connectivity index (χ3n) is 2.44. The van der Waals surface area contributed by atoms with E-state index >= 15 is 0 Å². The van der Waals surface area contributed by atoms with Crippen molar-refractivity contribution in [1.29, 1.82) is 0 Å². The van der Waals surface area contributed by atoms with Crippen LogP contribution in [0.1, 0.15) is 12.8 Å². The van der Waals surface area contributed by atoms with Crippen molar-refractivity contribution in [3.8, 4) is 0 Å². The molecule has 2 atom stereocenters. The summed E-state index contributed by atoms with van der Waals surface area (Å²) in [5.41, 5.74) is 0. The van der Waals surface area contributed by atoms with Crippen molar-refractivity contribution in [3.05, 3.63) is 5.21 Å². The lowest BCUT2D eigenvalue weighted by atomic mass is 10.2. The Morgan fingerprint density at radius 2 is 1.93 bits per heavy atom. The molecular formula is C9H19N2OS2-. The highest BCUT2D eigenvalue weighted by Crippen LogP contribution is 2.15. The van der Waals surface area contributed by atoms with Crippen molar-refractivity contribution in [3.63, 3.8) is 0 Å². The van der Waals surface area contributed by atoms with Gasteiger partial charge in [-0.3, -0.25) is 5.32 Å². The summed E-state index contributed by atoms with van der Waals surface area (Å²) >= 11 is 3.64. The fourth-order valence-electron chi connectivity index (χ4n) is 1.64. The first-order chi connectivity index (χ1) is 6.77. The normalized spacial score (nSPS) is 28.5. The minimum atomic E-state index is 0.0642.